The lowest BCUT2D eigenvalue weighted by molar-refractivity contribution is -0.134. The van der Waals surface area contributed by atoms with E-state index >= 15 is 0 Å². The fraction of sp³-hybridized carbons (Fsp3) is 0.261. The summed E-state index contributed by atoms with van der Waals surface area (Å²) < 4.78 is 0. The van der Waals surface area contributed by atoms with E-state index in [4.69, 9.17) is 0 Å². The molecule has 3 aromatic rings. The molecule has 0 N–H and O–H groups in total. The molecule has 0 fully saturated rings. The third-order valence-corrected chi connectivity index (χ3v) is 6.10. The Labute approximate surface area is 164 Å². The maximum absolute atomic E-state index is 13.2. The Kier molecular flexibility index (Phi) is 5.37. The van der Waals surface area contributed by atoms with E-state index in [1.54, 1.807) is 11.3 Å². The number of rotatable bonds is 5. The number of likely N-dealkylation sites (N-methyl/N-ethyl adjacent to an activating group) is 1. The van der Waals surface area contributed by atoms with Gasteiger partial charge in [-0.2, -0.15) is 0 Å². The summed E-state index contributed by atoms with van der Waals surface area (Å²) in [6, 6.07) is 22.9. The van der Waals surface area contributed by atoms with Crippen molar-refractivity contribution in [1.82, 2.24) is 9.80 Å². The van der Waals surface area contributed by atoms with Crippen molar-refractivity contribution in [3.8, 4) is 0 Å². The van der Waals surface area contributed by atoms with Gasteiger partial charge in [0.25, 0.3) is 0 Å². The van der Waals surface area contributed by atoms with E-state index in [2.05, 4.69) is 57.6 Å². The van der Waals surface area contributed by atoms with Crippen LogP contribution < -0.4 is 0 Å². The molecule has 4 rings (SSSR count). The zero-order valence-electron chi connectivity index (χ0n) is 15.5. The quantitative estimate of drug-likeness (QED) is 0.661. The molecule has 0 spiro atoms. The summed E-state index contributed by atoms with van der Waals surface area (Å²) in [6.07, 6.45) is 0.949. The molecular weight excluding hydrogens is 352 g/mol. The van der Waals surface area contributed by atoms with Gasteiger partial charge in [0.2, 0.25) is 5.91 Å². The fourth-order valence-electron chi connectivity index (χ4n) is 3.85. The Bertz CT molecular complexity index is 891. The third kappa shape index (κ3) is 3.97. The van der Waals surface area contributed by atoms with Crippen LogP contribution in [0, 0.1) is 0 Å². The minimum absolute atomic E-state index is 0.0267. The number of nitrogens with zero attached hydrogens (tertiary/aromatic N) is 2. The normalized spacial score (nSPS) is 16.4. The number of fused-ring (bicyclic) bond motifs is 1. The summed E-state index contributed by atoms with van der Waals surface area (Å²) in [4.78, 5) is 18.8. The highest BCUT2D eigenvalue weighted by molar-refractivity contribution is 7.10. The van der Waals surface area contributed by atoms with Gasteiger partial charge in [0.15, 0.2) is 0 Å². The van der Waals surface area contributed by atoms with Crippen LogP contribution >= 0.6 is 11.3 Å². The van der Waals surface area contributed by atoms with Crippen LogP contribution in [-0.4, -0.2) is 35.8 Å². The maximum atomic E-state index is 13.2. The summed E-state index contributed by atoms with van der Waals surface area (Å²) in [5, 5.41) is 2.15. The molecule has 138 valence electrons. The topological polar surface area (TPSA) is 23.6 Å². The molecule has 2 heterocycles. The monoisotopic (exact) mass is 376 g/mol. The van der Waals surface area contributed by atoms with Gasteiger partial charge < -0.3 is 4.90 Å². The van der Waals surface area contributed by atoms with Gasteiger partial charge >= 0.3 is 0 Å². The van der Waals surface area contributed by atoms with Crippen LogP contribution in [0.25, 0.3) is 0 Å². The van der Waals surface area contributed by atoms with Crippen molar-refractivity contribution < 1.29 is 4.79 Å². The first-order chi connectivity index (χ1) is 13.2. The van der Waals surface area contributed by atoms with Crippen LogP contribution in [0.1, 0.15) is 27.6 Å². The molecule has 0 radical (unpaired) electrons. The largest absolute Gasteiger partial charge is 0.330 e. The molecule has 1 amide bonds. The third-order valence-electron chi connectivity index (χ3n) is 5.10. The van der Waals surface area contributed by atoms with Gasteiger partial charge in [-0.3, -0.25) is 9.69 Å². The van der Waals surface area contributed by atoms with Crippen molar-refractivity contribution in [1.29, 1.82) is 0 Å². The average molecular weight is 377 g/mol. The molecule has 0 saturated heterocycles. The molecule has 3 nitrogen and oxygen atoms in total. The minimum Gasteiger partial charge on any atom is -0.330 e. The van der Waals surface area contributed by atoms with Crippen molar-refractivity contribution in [3.05, 3.63) is 93.7 Å². The van der Waals surface area contributed by atoms with Crippen LogP contribution in [0.2, 0.25) is 0 Å². The predicted octanol–water partition coefficient (Wildman–Crippen LogP) is 4.35. The van der Waals surface area contributed by atoms with Crippen molar-refractivity contribution in [2.45, 2.75) is 19.0 Å². The number of hydrogen-bond acceptors (Lipinski definition) is 3. The molecule has 4 heteroatoms. The number of carbonyl (C=O) groups is 1. The van der Waals surface area contributed by atoms with Crippen molar-refractivity contribution >= 4 is 17.2 Å². The molecule has 0 bridgehead atoms. The number of thiophene rings is 1. The van der Waals surface area contributed by atoms with Gasteiger partial charge in [-0.25, -0.2) is 0 Å². The maximum Gasteiger partial charge on any atom is 0.237 e. The minimum atomic E-state index is 0.0267. The van der Waals surface area contributed by atoms with E-state index in [1.807, 2.05) is 31.3 Å². The van der Waals surface area contributed by atoms with Crippen LogP contribution in [0.4, 0.5) is 0 Å². The molecule has 0 aliphatic carbocycles. The Morgan fingerprint density at radius 1 is 1.07 bits per heavy atom. The molecule has 27 heavy (non-hydrogen) atoms. The number of benzene rings is 2. The highest BCUT2D eigenvalue weighted by Gasteiger charge is 2.32. The average Bonchev–Trinajstić information content (AvgIpc) is 3.17. The fourth-order valence-corrected chi connectivity index (χ4v) is 4.76. The van der Waals surface area contributed by atoms with E-state index in [1.165, 1.54) is 21.6 Å². The van der Waals surface area contributed by atoms with Crippen molar-refractivity contribution in [2.24, 2.45) is 0 Å². The summed E-state index contributed by atoms with van der Waals surface area (Å²) in [5.74, 6) is 0.194. The summed E-state index contributed by atoms with van der Waals surface area (Å²) >= 11 is 1.80. The summed E-state index contributed by atoms with van der Waals surface area (Å²) in [6.45, 7) is 1.99. The van der Waals surface area contributed by atoms with Crippen LogP contribution in [0.5, 0.6) is 0 Å². The van der Waals surface area contributed by atoms with Crippen molar-refractivity contribution in [3.63, 3.8) is 0 Å². The second-order valence-corrected chi connectivity index (χ2v) is 8.11. The molecule has 2 aromatic carbocycles. The van der Waals surface area contributed by atoms with Gasteiger partial charge in [0.05, 0.1) is 12.6 Å². The highest BCUT2D eigenvalue weighted by atomic mass is 32.1. The molecular formula is C23H24N2OS. The Morgan fingerprint density at radius 2 is 1.78 bits per heavy atom. The zero-order valence-corrected chi connectivity index (χ0v) is 16.4. The van der Waals surface area contributed by atoms with E-state index < -0.39 is 0 Å². The lowest BCUT2D eigenvalue weighted by atomic mass is 9.93. The van der Waals surface area contributed by atoms with Crippen LogP contribution in [-0.2, 0) is 17.8 Å². The zero-order chi connectivity index (χ0) is 18.6. The first-order valence-electron chi connectivity index (χ1n) is 9.35. The summed E-state index contributed by atoms with van der Waals surface area (Å²) in [7, 11) is 2.02. The van der Waals surface area contributed by atoms with Crippen molar-refractivity contribution in [2.75, 3.05) is 20.1 Å². The summed E-state index contributed by atoms with van der Waals surface area (Å²) in [5.41, 5.74) is 3.71. The van der Waals surface area contributed by atoms with Gasteiger partial charge in [-0.05, 0) is 41.6 Å². The van der Waals surface area contributed by atoms with Gasteiger partial charge in [-0.15, -0.1) is 11.3 Å². The number of carbonyl (C=O) groups excluding carboxylic acids is 1. The molecule has 0 saturated carbocycles. The first-order valence-corrected chi connectivity index (χ1v) is 10.2. The Morgan fingerprint density at radius 3 is 2.52 bits per heavy atom. The van der Waals surface area contributed by atoms with E-state index in [0.717, 1.165) is 19.5 Å². The predicted molar refractivity (Wildman–Crippen MR) is 111 cm³/mol. The lowest BCUT2D eigenvalue weighted by Crippen LogP contribution is -2.44. The Balaban J connectivity index is 1.53. The molecule has 1 aliphatic rings. The standard InChI is InChI=1S/C23H24N2OS/c1-24(16-18-8-4-2-5-9-18)17-22(26)25-14-12-21-20(13-15-27-21)23(25)19-10-6-3-7-11-19/h2-11,13,15,23H,12,14,16-17H2,1H3. The van der Waals surface area contributed by atoms with E-state index in [-0.39, 0.29) is 11.9 Å². The van der Waals surface area contributed by atoms with Crippen LogP contribution in [0.15, 0.2) is 72.1 Å². The smallest absolute Gasteiger partial charge is 0.237 e. The van der Waals surface area contributed by atoms with Crippen LogP contribution in [0.3, 0.4) is 0 Å². The SMILES string of the molecule is CN(CC(=O)N1CCc2sccc2C1c1ccccc1)Cc1ccccc1. The second kappa shape index (κ2) is 8.07. The second-order valence-electron chi connectivity index (χ2n) is 7.11. The molecule has 1 aliphatic heterocycles. The van der Waals surface area contributed by atoms with Gasteiger partial charge in [0.1, 0.15) is 0 Å². The van der Waals surface area contributed by atoms with Gasteiger partial charge in [-0.1, -0.05) is 60.7 Å². The van der Waals surface area contributed by atoms with Gasteiger partial charge in [0, 0.05) is 18.0 Å². The van der Waals surface area contributed by atoms with E-state index in [9.17, 15) is 4.79 Å². The highest BCUT2D eigenvalue weighted by Crippen LogP contribution is 2.37. The Hall–Kier alpha value is -2.43. The number of hydrogen-bond donors (Lipinski definition) is 0. The molecule has 1 aromatic heterocycles. The molecule has 1 unspecified atom stereocenters. The lowest BCUT2D eigenvalue weighted by Gasteiger charge is -2.37. The molecule has 1 atom stereocenters. The van der Waals surface area contributed by atoms with E-state index in [0.29, 0.717) is 6.54 Å². The first kappa shape index (κ1) is 18.0. The number of amides is 1.